The van der Waals surface area contributed by atoms with E-state index in [-0.39, 0.29) is 17.9 Å². The third kappa shape index (κ3) is 4.91. The molecule has 1 atom stereocenters. The molecule has 0 saturated carbocycles. The number of nitrogens with one attached hydrogen (secondary N) is 2. The van der Waals surface area contributed by atoms with E-state index in [0.29, 0.717) is 5.69 Å². The number of amides is 2. The molecule has 0 aromatic heterocycles. The second-order valence-corrected chi connectivity index (χ2v) is 5.72. The first kappa shape index (κ1) is 18.2. The molecule has 6 nitrogen and oxygen atoms in total. The van der Waals surface area contributed by atoms with E-state index in [9.17, 15) is 19.5 Å². The number of rotatable bonds is 6. The molecule has 3 N–H and O–H groups in total. The molecular weight excluding hydrogens is 320 g/mol. The van der Waals surface area contributed by atoms with E-state index >= 15 is 0 Å². The van der Waals surface area contributed by atoms with Crippen LogP contribution in [0.25, 0.3) is 0 Å². The lowest BCUT2D eigenvalue weighted by molar-refractivity contribution is -0.139. The molecule has 130 valence electrons. The van der Waals surface area contributed by atoms with Crippen molar-refractivity contribution in [3.8, 4) is 0 Å². The summed E-state index contributed by atoms with van der Waals surface area (Å²) < 4.78 is 0. The average molecular weight is 340 g/mol. The predicted octanol–water partition coefficient (Wildman–Crippen LogP) is 2.38. The van der Waals surface area contributed by atoms with Gasteiger partial charge in [0.2, 0.25) is 5.91 Å². The molecule has 2 amide bonds. The van der Waals surface area contributed by atoms with Crippen molar-refractivity contribution in [2.24, 2.45) is 0 Å². The van der Waals surface area contributed by atoms with Crippen LogP contribution in [0.1, 0.15) is 28.4 Å². The Labute approximate surface area is 145 Å². The summed E-state index contributed by atoms with van der Waals surface area (Å²) >= 11 is 0. The van der Waals surface area contributed by atoms with Crippen LogP contribution in [-0.4, -0.2) is 28.9 Å². The summed E-state index contributed by atoms with van der Waals surface area (Å²) in [6.07, 6.45) is 0.177. The zero-order valence-corrected chi connectivity index (χ0v) is 14.1. The van der Waals surface area contributed by atoms with Gasteiger partial charge in [-0.2, -0.15) is 0 Å². The first-order valence-electron chi connectivity index (χ1n) is 7.83. The number of carbonyl (C=O) groups excluding carboxylic acids is 2. The largest absolute Gasteiger partial charge is 0.480 e. The molecule has 2 aromatic rings. The summed E-state index contributed by atoms with van der Waals surface area (Å²) in [4.78, 5) is 35.3. The minimum atomic E-state index is -1.12. The Bertz CT molecular complexity index is 802. The van der Waals surface area contributed by atoms with E-state index in [4.69, 9.17) is 0 Å². The van der Waals surface area contributed by atoms with E-state index in [1.165, 1.54) is 13.0 Å². The van der Waals surface area contributed by atoms with Crippen LogP contribution >= 0.6 is 0 Å². The highest BCUT2D eigenvalue weighted by Gasteiger charge is 2.23. The molecule has 0 radical (unpaired) electrons. The van der Waals surface area contributed by atoms with E-state index in [1.807, 2.05) is 31.2 Å². The molecule has 0 spiro atoms. The Kier molecular flexibility index (Phi) is 5.89. The molecule has 2 aromatic carbocycles. The van der Waals surface area contributed by atoms with Crippen molar-refractivity contribution in [2.45, 2.75) is 26.3 Å². The number of carboxylic acids is 1. The van der Waals surface area contributed by atoms with Crippen molar-refractivity contribution in [1.29, 1.82) is 0 Å². The van der Waals surface area contributed by atoms with Gasteiger partial charge in [0.15, 0.2) is 0 Å². The van der Waals surface area contributed by atoms with Crippen molar-refractivity contribution in [1.82, 2.24) is 5.32 Å². The van der Waals surface area contributed by atoms with Crippen LogP contribution in [0.5, 0.6) is 0 Å². The number of hydrogen-bond acceptors (Lipinski definition) is 3. The Hall–Kier alpha value is -3.15. The number of carbonyl (C=O) groups is 3. The van der Waals surface area contributed by atoms with E-state index < -0.39 is 17.9 Å². The van der Waals surface area contributed by atoms with Crippen LogP contribution in [0.2, 0.25) is 0 Å². The maximum atomic E-state index is 12.5. The molecule has 6 heteroatoms. The minimum absolute atomic E-state index is 0.177. The van der Waals surface area contributed by atoms with Gasteiger partial charge in [-0.3, -0.25) is 9.59 Å². The smallest absolute Gasteiger partial charge is 0.326 e. The third-order valence-corrected chi connectivity index (χ3v) is 3.77. The molecule has 0 saturated heterocycles. The van der Waals surface area contributed by atoms with Crippen LogP contribution in [0, 0.1) is 6.92 Å². The Morgan fingerprint density at radius 1 is 1.04 bits per heavy atom. The van der Waals surface area contributed by atoms with Gasteiger partial charge in [0.05, 0.1) is 11.3 Å². The van der Waals surface area contributed by atoms with Gasteiger partial charge in [-0.1, -0.05) is 36.4 Å². The summed E-state index contributed by atoms with van der Waals surface area (Å²) in [6.45, 7) is 3.23. The molecule has 0 heterocycles. The highest BCUT2D eigenvalue weighted by atomic mass is 16.4. The van der Waals surface area contributed by atoms with Crippen molar-refractivity contribution in [3.05, 3.63) is 65.2 Å². The van der Waals surface area contributed by atoms with Crippen molar-refractivity contribution < 1.29 is 19.5 Å². The fraction of sp³-hybridized carbons (Fsp3) is 0.211. The van der Waals surface area contributed by atoms with E-state index in [1.54, 1.807) is 18.2 Å². The summed E-state index contributed by atoms with van der Waals surface area (Å²) in [5, 5.41) is 14.6. The maximum absolute atomic E-state index is 12.5. The van der Waals surface area contributed by atoms with Crippen molar-refractivity contribution in [3.63, 3.8) is 0 Å². The van der Waals surface area contributed by atoms with E-state index in [2.05, 4.69) is 10.6 Å². The number of hydrogen-bond donors (Lipinski definition) is 3. The number of para-hydroxylation sites is 1. The van der Waals surface area contributed by atoms with Gasteiger partial charge in [-0.25, -0.2) is 4.79 Å². The van der Waals surface area contributed by atoms with Gasteiger partial charge < -0.3 is 15.7 Å². The quantitative estimate of drug-likeness (QED) is 0.752. The summed E-state index contributed by atoms with van der Waals surface area (Å²) in [7, 11) is 0. The number of aryl methyl sites for hydroxylation is 1. The zero-order valence-electron chi connectivity index (χ0n) is 14.1. The SMILES string of the molecule is CC(=O)Nc1ccccc1C(=O)N[C@H](Cc1ccccc1C)C(=O)O. The van der Waals surface area contributed by atoms with Gasteiger partial charge in [0, 0.05) is 13.3 Å². The lowest BCUT2D eigenvalue weighted by Gasteiger charge is -2.17. The number of aliphatic carboxylic acids is 1. The van der Waals surface area contributed by atoms with Crippen LogP contribution in [0.3, 0.4) is 0 Å². The molecular formula is C19H20N2O4. The number of benzene rings is 2. The fourth-order valence-electron chi connectivity index (χ4n) is 2.47. The standard InChI is InChI=1S/C19H20N2O4/c1-12-7-3-4-8-14(12)11-17(19(24)25)21-18(23)15-9-5-6-10-16(15)20-13(2)22/h3-10,17H,11H2,1-2H3,(H,20,22)(H,21,23)(H,24,25)/t17-/m1/s1. The van der Waals surface area contributed by atoms with Crippen LogP contribution < -0.4 is 10.6 Å². The zero-order chi connectivity index (χ0) is 18.4. The maximum Gasteiger partial charge on any atom is 0.326 e. The molecule has 2 rings (SSSR count). The van der Waals surface area contributed by atoms with Gasteiger partial charge in [-0.15, -0.1) is 0 Å². The van der Waals surface area contributed by atoms with E-state index in [0.717, 1.165) is 11.1 Å². The Balaban J connectivity index is 2.20. The average Bonchev–Trinajstić information content (AvgIpc) is 2.55. The molecule has 25 heavy (non-hydrogen) atoms. The van der Waals surface area contributed by atoms with Crippen LogP contribution in [0.15, 0.2) is 48.5 Å². The predicted molar refractivity (Wildman–Crippen MR) is 94.5 cm³/mol. The summed E-state index contributed by atoms with van der Waals surface area (Å²) in [5.41, 5.74) is 2.37. The van der Waals surface area contributed by atoms with Crippen molar-refractivity contribution >= 4 is 23.5 Å². The lowest BCUT2D eigenvalue weighted by Crippen LogP contribution is -2.42. The second kappa shape index (κ2) is 8.10. The van der Waals surface area contributed by atoms with Gasteiger partial charge in [0.1, 0.15) is 6.04 Å². The van der Waals surface area contributed by atoms with Gasteiger partial charge >= 0.3 is 5.97 Å². The highest BCUT2D eigenvalue weighted by molar-refractivity contribution is 6.04. The first-order chi connectivity index (χ1) is 11.9. The normalized spacial score (nSPS) is 11.4. The van der Waals surface area contributed by atoms with Crippen LogP contribution in [0.4, 0.5) is 5.69 Å². The van der Waals surface area contributed by atoms with Crippen molar-refractivity contribution in [2.75, 3.05) is 5.32 Å². The topological polar surface area (TPSA) is 95.5 Å². The van der Waals surface area contributed by atoms with Gasteiger partial charge in [0.25, 0.3) is 5.91 Å². The Morgan fingerprint density at radius 2 is 1.68 bits per heavy atom. The molecule has 0 aliphatic carbocycles. The molecule has 0 unspecified atom stereocenters. The third-order valence-electron chi connectivity index (χ3n) is 3.77. The lowest BCUT2D eigenvalue weighted by atomic mass is 10.0. The molecule has 0 fully saturated rings. The number of anilines is 1. The summed E-state index contributed by atoms with van der Waals surface area (Å²) in [5.74, 6) is -1.98. The molecule has 0 bridgehead atoms. The number of carboxylic acid groups (broad SMARTS) is 1. The monoisotopic (exact) mass is 340 g/mol. The molecule has 0 aliphatic heterocycles. The second-order valence-electron chi connectivity index (χ2n) is 5.72. The minimum Gasteiger partial charge on any atom is -0.480 e. The fourth-order valence-corrected chi connectivity index (χ4v) is 2.47. The molecule has 0 aliphatic rings. The Morgan fingerprint density at radius 3 is 2.32 bits per heavy atom. The van der Waals surface area contributed by atoms with Gasteiger partial charge in [-0.05, 0) is 30.2 Å². The van der Waals surface area contributed by atoms with Crippen LogP contribution in [-0.2, 0) is 16.0 Å². The first-order valence-corrected chi connectivity index (χ1v) is 7.83. The highest BCUT2D eigenvalue weighted by Crippen LogP contribution is 2.16. The summed E-state index contributed by atoms with van der Waals surface area (Å²) in [6, 6.07) is 12.8.